The van der Waals surface area contributed by atoms with Gasteiger partial charge in [0, 0.05) is 12.7 Å². The summed E-state index contributed by atoms with van der Waals surface area (Å²) < 4.78 is 34.5. The molecule has 0 saturated carbocycles. The Morgan fingerprint density at radius 2 is 1.80 bits per heavy atom. The topological polar surface area (TPSA) is 67.9 Å². The number of nitrogens with zero attached hydrogens (tertiary/aromatic N) is 1. The Labute approximate surface area is 144 Å². The summed E-state index contributed by atoms with van der Waals surface area (Å²) in [5.41, 5.74) is 2.28. The largest absolute Gasteiger partial charge is 0.466 e. The van der Waals surface area contributed by atoms with Crippen LogP contribution in [0.3, 0.4) is 0 Å². The van der Waals surface area contributed by atoms with E-state index in [9.17, 15) is 18.4 Å². The van der Waals surface area contributed by atoms with Gasteiger partial charge in [-0.15, -0.1) is 0 Å². The van der Waals surface area contributed by atoms with Gasteiger partial charge in [0.2, 0.25) is 0 Å². The average molecular weight is 354 g/mol. The van der Waals surface area contributed by atoms with Crippen LogP contribution in [0, 0.1) is 13.8 Å². The molecule has 1 aromatic rings. The molecule has 6 nitrogen and oxygen atoms in total. The quantitative estimate of drug-likeness (QED) is 0.844. The number of alkyl halides is 2. The van der Waals surface area contributed by atoms with Gasteiger partial charge in [0.15, 0.2) is 0 Å². The van der Waals surface area contributed by atoms with Gasteiger partial charge in [0.25, 0.3) is 0 Å². The lowest BCUT2D eigenvalue weighted by Crippen LogP contribution is -2.46. The first-order valence-electron chi connectivity index (χ1n) is 7.56. The monoisotopic (exact) mass is 354 g/mol. The summed E-state index contributed by atoms with van der Waals surface area (Å²) in [7, 11) is 2.80. The third-order valence-corrected chi connectivity index (χ3v) is 4.18. The maximum Gasteiger partial charge on any atom is 0.387 e. The molecule has 1 N–H and O–H groups in total. The summed E-state index contributed by atoms with van der Waals surface area (Å²) in [5, 5.41) is 2.73. The van der Waals surface area contributed by atoms with Crippen molar-refractivity contribution >= 4 is 12.0 Å². The maximum atomic E-state index is 12.5. The predicted octanol–water partition coefficient (Wildman–Crippen LogP) is 3.05. The molecule has 0 aliphatic carbocycles. The number of amides is 2. The first kappa shape index (κ1) is 18.7. The second-order valence-electron chi connectivity index (χ2n) is 5.79. The van der Waals surface area contributed by atoms with Gasteiger partial charge in [-0.25, -0.2) is 9.59 Å². The van der Waals surface area contributed by atoms with Crippen LogP contribution in [-0.2, 0) is 9.53 Å². The van der Waals surface area contributed by atoms with Crippen LogP contribution < -0.4 is 10.1 Å². The Hall–Kier alpha value is -2.64. The fraction of sp³-hybridized carbons (Fsp3) is 0.412. The summed E-state index contributed by atoms with van der Waals surface area (Å²) in [4.78, 5) is 25.7. The number of halogens is 2. The van der Waals surface area contributed by atoms with E-state index < -0.39 is 18.6 Å². The van der Waals surface area contributed by atoms with Gasteiger partial charge in [0.05, 0.1) is 18.7 Å². The maximum absolute atomic E-state index is 12.5. The minimum Gasteiger partial charge on any atom is -0.466 e. The number of hydrogen-bond donors (Lipinski definition) is 1. The summed E-state index contributed by atoms with van der Waals surface area (Å²) in [6.45, 7) is 1.96. The Kier molecular flexibility index (Phi) is 5.30. The number of esters is 1. The fourth-order valence-electron chi connectivity index (χ4n) is 2.89. The van der Waals surface area contributed by atoms with Crippen LogP contribution in [0.25, 0.3) is 0 Å². The van der Waals surface area contributed by atoms with E-state index in [1.165, 1.54) is 12.0 Å². The standard InChI is InChI=1S/C17H20F2N2O4/c1-8-6-11(7-9(2)14(8)25-16(18)19)13-12(15(22)24-5)10(3)21(4)17(23)20-13/h6-7,13,16H,1-5H3,(H,20,23)/t13-/m0/s1. The van der Waals surface area contributed by atoms with Gasteiger partial charge in [-0.3, -0.25) is 0 Å². The normalized spacial score (nSPS) is 17.7. The van der Waals surface area contributed by atoms with Gasteiger partial charge in [-0.2, -0.15) is 8.78 Å². The van der Waals surface area contributed by atoms with Gasteiger partial charge < -0.3 is 19.7 Å². The molecule has 0 fully saturated rings. The minimum absolute atomic E-state index is 0.0818. The van der Waals surface area contributed by atoms with Crippen molar-refractivity contribution in [3.8, 4) is 5.75 Å². The average Bonchev–Trinajstić information content (AvgIpc) is 2.54. The van der Waals surface area contributed by atoms with Gasteiger partial charge in [-0.1, -0.05) is 0 Å². The lowest BCUT2D eigenvalue weighted by molar-refractivity contribution is -0.136. The van der Waals surface area contributed by atoms with Crippen molar-refractivity contribution in [2.45, 2.75) is 33.4 Å². The van der Waals surface area contributed by atoms with E-state index in [1.54, 1.807) is 40.0 Å². The number of nitrogens with one attached hydrogen (secondary N) is 1. The zero-order chi connectivity index (χ0) is 18.9. The second-order valence-corrected chi connectivity index (χ2v) is 5.79. The van der Waals surface area contributed by atoms with Crippen molar-refractivity contribution in [1.82, 2.24) is 10.2 Å². The number of carbonyl (C=O) groups is 2. The zero-order valence-electron chi connectivity index (χ0n) is 14.6. The summed E-state index contributed by atoms with van der Waals surface area (Å²) >= 11 is 0. The Bertz CT molecular complexity index is 723. The molecule has 1 aliphatic rings. The number of rotatable bonds is 4. The molecule has 1 aromatic carbocycles. The molecule has 136 valence electrons. The number of urea groups is 1. The molecular formula is C17H20F2N2O4. The van der Waals surface area contributed by atoms with Crippen LogP contribution >= 0.6 is 0 Å². The third kappa shape index (κ3) is 3.57. The van der Waals surface area contributed by atoms with Crippen molar-refractivity contribution in [3.63, 3.8) is 0 Å². The molecular weight excluding hydrogens is 334 g/mol. The van der Waals surface area contributed by atoms with E-state index in [0.29, 0.717) is 22.4 Å². The SMILES string of the molecule is COC(=O)C1=C(C)N(C)C(=O)N[C@H]1c1cc(C)c(OC(F)F)c(C)c1. The minimum atomic E-state index is -2.93. The van der Waals surface area contributed by atoms with Crippen LogP contribution in [0.5, 0.6) is 5.75 Å². The number of methoxy groups -OCH3 is 1. The molecule has 0 unspecified atom stereocenters. The summed E-state index contributed by atoms with van der Waals surface area (Å²) in [5.74, 6) is -0.490. The molecule has 0 bridgehead atoms. The Balaban J connectivity index is 2.55. The number of allylic oxidation sites excluding steroid dienone is 1. The number of ether oxygens (including phenoxy) is 2. The van der Waals surface area contributed by atoms with E-state index in [1.807, 2.05) is 0 Å². The molecule has 8 heteroatoms. The van der Waals surface area contributed by atoms with Crippen molar-refractivity contribution in [1.29, 1.82) is 0 Å². The van der Waals surface area contributed by atoms with E-state index in [2.05, 4.69) is 10.1 Å². The van der Waals surface area contributed by atoms with Crippen LogP contribution in [-0.4, -0.2) is 37.7 Å². The van der Waals surface area contributed by atoms with Gasteiger partial charge in [-0.05, 0) is 49.6 Å². The number of benzene rings is 1. The zero-order valence-corrected chi connectivity index (χ0v) is 14.6. The molecule has 0 saturated heterocycles. The molecule has 1 aliphatic heterocycles. The summed E-state index contributed by atoms with van der Waals surface area (Å²) in [6.07, 6.45) is 0. The number of aryl methyl sites for hydroxylation is 2. The lowest BCUT2D eigenvalue weighted by atomic mass is 9.92. The molecule has 1 atom stereocenters. The highest BCUT2D eigenvalue weighted by molar-refractivity contribution is 5.94. The molecule has 0 radical (unpaired) electrons. The highest BCUT2D eigenvalue weighted by Gasteiger charge is 2.35. The van der Waals surface area contributed by atoms with Crippen molar-refractivity contribution < 1.29 is 27.8 Å². The van der Waals surface area contributed by atoms with E-state index in [-0.39, 0.29) is 17.4 Å². The molecule has 0 spiro atoms. The van der Waals surface area contributed by atoms with Crippen LogP contribution in [0.4, 0.5) is 13.6 Å². The van der Waals surface area contributed by atoms with E-state index in [0.717, 1.165) is 0 Å². The smallest absolute Gasteiger partial charge is 0.387 e. The Morgan fingerprint density at radius 1 is 1.24 bits per heavy atom. The van der Waals surface area contributed by atoms with Crippen LogP contribution in [0.1, 0.15) is 29.7 Å². The second kappa shape index (κ2) is 7.08. The van der Waals surface area contributed by atoms with E-state index in [4.69, 9.17) is 4.74 Å². The van der Waals surface area contributed by atoms with Gasteiger partial charge in [0.1, 0.15) is 5.75 Å². The third-order valence-electron chi connectivity index (χ3n) is 4.18. The van der Waals surface area contributed by atoms with Crippen molar-refractivity contribution in [3.05, 3.63) is 40.1 Å². The summed E-state index contributed by atoms with van der Waals surface area (Å²) in [6, 6.07) is 2.10. The highest BCUT2D eigenvalue weighted by atomic mass is 19.3. The molecule has 0 aromatic heterocycles. The van der Waals surface area contributed by atoms with Gasteiger partial charge >= 0.3 is 18.6 Å². The molecule has 2 amide bonds. The first-order valence-corrected chi connectivity index (χ1v) is 7.56. The van der Waals surface area contributed by atoms with Crippen molar-refractivity contribution in [2.75, 3.05) is 14.2 Å². The molecule has 2 rings (SSSR count). The lowest BCUT2D eigenvalue weighted by Gasteiger charge is -2.33. The molecule has 1 heterocycles. The fourth-order valence-corrected chi connectivity index (χ4v) is 2.89. The van der Waals surface area contributed by atoms with Crippen LogP contribution in [0.2, 0.25) is 0 Å². The number of carbonyl (C=O) groups excluding carboxylic acids is 2. The van der Waals surface area contributed by atoms with Crippen LogP contribution in [0.15, 0.2) is 23.4 Å². The predicted molar refractivity (Wildman–Crippen MR) is 86.3 cm³/mol. The number of hydrogen-bond acceptors (Lipinski definition) is 4. The van der Waals surface area contributed by atoms with E-state index >= 15 is 0 Å². The molecule has 25 heavy (non-hydrogen) atoms. The highest BCUT2D eigenvalue weighted by Crippen LogP contribution is 2.34. The Morgan fingerprint density at radius 3 is 2.28 bits per heavy atom. The van der Waals surface area contributed by atoms with Crippen molar-refractivity contribution in [2.24, 2.45) is 0 Å². The first-order chi connectivity index (χ1) is 11.7.